The molecule has 0 fully saturated rings. The van der Waals surface area contributed by atoms with Crippen molar-refractivity contribution >= 4 is 33.3 Å². The fourth-order valence-corrected chi connectivity index (χ4v) is 3.49. The third kappa shape index (κ3) is 3.44. The Balaban J connectivity index is 1.39. The number of nitrogens with zero attached hydrogens (tertiary/aromatic N) is 2. The lowest BCUT2D eigenvalue weighted by Gasteiger charge is -2.01. The van der Waals surface area contributed by atoms with Gasteiger partial charge in [0, 0.05) is 46.9 Å². The predicted octanol–water partition coefficient (Wildman–Crippen LogP) is 4.26. The number of aromatic nitrogens is 3. The van der Waals surface area contributed by atoms with Gasteiger partial charge in [0.2, 0.25) is 5.91 Å². The minimum absolute atomic E-state index is 0.0269. The molecule has 25 heavy (non-hydrogen) atoms. The fourth-order valence-electron chi connectivity index (χ4n) is 2.75. The molecule has 0 saturated heterocycles. The van der Waals surface area contributed by atoms with Gasteiger partial charge >= 0.3 is 0 Å². The van der Waals surface area contributed by atoms with E-state index in [9.17, 15) is 4.79 Å². The van der Waals surface area contributed by atoms with Gasteiger partial charge in [-0.25, -0.2) is 4.98 Å². The van der Waals surface area contributed by atoms with E-state index < -0.39 is 0 Å². The minimum atomic E-state index is -0.0269. The van der Waals surface area contributed by atoms with Crippen molar-refractivity contribution in [3.8, 4) is 11.3 Å². The van der Waals surface area contributed by atoms with Gasteiger partial charge in [0.25, 0.3) is 0 Å². The number of rotatable bonds is 5. The molecule has 5 nitrogen and oxygen atoms in total. The van der Waals surface area contributed by atoms with Gasteiger partial charge in [0.05, 0.1) is 5.69 Å². The average Bonchev–Trinajstić information content (AvgIpc) is 3.28. The fraction of sp³-hybridized carbons (Fsp3) is 0.105. The number of carbonyl (C=O) groups is 1. The highest BCUT2D eigenvalue weighted by atomic mass is 32.1. The molecule has 0 atom stereocenters. The molecule has 2 N–H and O–H groups in total. The van der Waals surface area contributed by atoms with Crippen LogP contribution < -0.4 is 5.32 Å². The van der Waals surface area contributed by atoms with Gasteiger partial charge in [-0.1, -0.05) is 18.2 Å². The quantitative estimate of drug-likeness (QED) is 0.566. The number of thiazole rings is 1. The first-order valence-corrected chi connectivity index (χ1v) is 8.88. The zero-order valence-electron chi connectivity index (χ0n) is 13.4. The summed E-state index contributed by atoms with van der Waals surface area (Å²) in [6, 6.07) is 11.9. The van der Waals surface area contributed by atoms with Gasteiger partial charge in [-0.15, -0.1) is 11.3 Å². The van der Waals surface area contributed by atoms with Crippen LogP contribution in [0.2, 0.25) is 0 Å². The number of aromatic amines is 1. The Kier molecular flexibility index (Phi) is 4.26. The molecule has 124 valence electrons. The van der Waals surface area contributed by atoms with Crippen LogP contribution >= 0.6 is 11.3 Å². The van der Waals surface area contributed by atoms with Crippen molar-refractivity contribution in [3.63, 3.8) is 0 Å². The Hall–Kier alpha value is -2.99. The van der Waals surface area contributed by atoms with E-state index in [1.807, 2.05) is 41.9 Å². The number of aryl methyl sites for hydroxylation is 1. The molecule has 0 radical (unpaired) electrons. The maximum absolute atomic E-state index is 12.2. The molecule has 0 aliphatic heterocycles. The summed E-state index contributed by atoms with van der Waals surface area (Å²) in [5.74, 6) is -0.0269. The van der Waals surface area contributed by atoms with E-state index in [1.165, 1.54) is 16.7 Å². The van der Waals surface area contributed by atoms with Crippen LogP contribution in [-0.2, 0) is 11.2 Å². The largest absolute Gasteiger partial charge is 0.361 e. The molecule has 4 rings (SSSR count). The molecule has 1 aromatic carbocycles. The van der Waals surface area contributed by atoms with Gasteiger partial charge in [-0.05, 0) is 30.2 Å². The summed E-state index contributed by atoms with van der Waals surface area (Å²) in [5, 5.41) is 6.61. The molecule has 0 unspecified atom stereocenters. The number of para-hydroxylation sites is 1. The van der Waals surface area contributed by atoms with E-state index in [1.54, 1.807) is 12.4 Å². The number of hydrogen-bond donors (Lipinski definition) is 2. The predicted molar refractivity (Wildman–Crippen MR) is 101 cm³/mol. The molecule has 3 heterocycles. The summed E-state index contributed by atoms with van der Waals surface area (Å²) in [6.07, 6.45) is 6.55. The maximum Gasteiger partial charge on any atom is 0.226 e. The Morgan fingerprint density at radius 2 is 2.00 bits per heavy atom. The average molecular weight is 348 g/mol. The van der Waals surface area contributed by atoms with E-state index >= 15 is 0 Å². The summed E-state index contributed by atoms with van der Waals surface area (Å²) in [6.45, 7) is 0. The highest BCUT2D eigenvalue weighted by Gasteiger charge is 2.10. The third-order valence-electron chi connectivity index (χ3n) is 4.02. The molecule has 4 aromatic rings. The van der Waals surface area contributed by atoms with Crippen molar-refractivity contribution in [3.05, 3.63) is 65.9 Å². The maximum atomic E-state index is 12.2. The van der Waals surface area contributed by atoms with Crippen molar-refractivity contribution in [1.29, 1.82) is 0 Å². The Bertz CT molecular complexity index is 1010. The Morgan fingerprint density at radius 1 is 1.16 bits per heavy atom. The first kappa shape index (κ1) is 15.5. The zero-order valence-corrected chi connectivity index (χ0v) is 14.2. The Morgan fingerprint density at radius 3 is 2.88 bits per heavy atom. The number of carbonyl (C=O) groups excluding carboxylic acids is 1. The molecule has 0 saturated carbocycles. The van der Waals surface area contributed by atoms with Gasteiger partial charge in [-0.3, -0.25) is 9.78 Å². The highest BCUT2D eigenvalue weighted by molar-refractivity contribution is 7.14. The van der Waals surface area contributed by atoms with E-state index in [2.05, 4.69) is 26.3 Å². The molecule has 6 heteroatoms. The van der Waals surface area contributed by atoms with Gasteiger partial charge < -0.3 is 10.3 Å². The second-order valence-corrected chi connectivity index (χ2v) is 6.54. The lowest BCUT2D eigenvalue weighted by molar-refractivity contribution is -0.116. The van der Waals surface area contributed by atoms with Crippen LogP contribution in [-0.4, -0.2) is 20.9 Å². The standard InChI is InChI=1S/C19H16N4OS/c24-18(6-5-14-11-21-16-4-2-1-3-15(14)16)23-19-22-17(12-25-19)13-7-9-20-10-8-13/h1-4,7-12,21H,5-6H2,(H,22,23,24). The number of hydrogen-bond acceptors (Lipinski definition) is 4. The molecular weight excluding hydrogens is 332 g/mol. The number of anilines is 1. The van der Waals surface area contributed by atoms with Crippen molar-refractivity contribution in [2.45, 2.75) is 12.8 Å². The van der Waals surface area contributed by atoms with Crippen LogP contribution in [0.1, 0.15) is 12.0 Å². The summed E-state index contributed by atoms with van der Waals surface area (Å²) in [4.78, 5) is 23.9. The van der Waals surface area contributed by atoms with Crippen LogP contribution in [0.4, 0.5) is 5.13 Å². The summed E-state index contributed by atoms with van der Waals surface area (Å²) in [7, 11) is 0. The molecule has 3 aromatic heterocycles. The van der Waals surface area contributed by atoms with Crippen molar-refractivity contribution in [2.75, 3.05) is 5.32 Å². The number of benzene rings is 1. The van der Waals surface area contributed by atoms with Crippen LogP contribution in [0.5, 0.6) is 0 Å². The molecular formula is C19H16N4OS. The van der Waals surface area contributed by atoms with Gasteiger partial charge in [0.15, 0.2) is 5.13 Å². The first-order valence-electron chi connectivity index (χ1n) is 8.00. The Labute approximate surface area is 148 Å². The number of amides is 1. The molecule has 0 spiro atoms. The number of nitrogens with one attached hydrogen (secondary N) is 2. The van der Waals surface area contributed by atoms with Crippen molar-refractivity contribution in [1.82, 2.24) is 15.0 Å². The van der Waals surface area contributed by atoms with E-state index in [0.29, 0.717) is 18.0 Å². The highest BCUT2D eigenvalue weighted by Crippen LogP contribution is 2.24. The number of pyridine rings is 1. The first-order chi connectivity index (χ1) is 12.3. The SMILES string of the molecule is O=C(CCc1c[nH]c2ccccc12)Nc1nc(-c2ccncc2)cs1. The second-order valence-electron chi connectivity index (χ2n) is 5.68. The van der Waals surface area contributed by atoms with Crippen molar-refractivity contribution in [2.24, 2.45) is 0 Å². The summed E-state index contributed by atoms with van der Waals surface area (Å²) >= 11 is 1.43. The van der Waals surface area contributed by atoms with Crippen LogP contribution in [0.15, 0.2) is 60.4 Å². The smallest absolute Gasteiger partial charge is 0.226 e. The van der Waals surface area contributed by atoms with Gasteiger partial charge in [-0.2, -0.15) is 0 Å². The van der Waals surface area contributed by atoms with E-state index in [4.69, 9.17) is 0 Å². The zero-order chi connectivity index (χ0) is 17.1. The minimum Gasteiger partial charge on any atom is -0.361 e. The number of H-pyrrole nitrogens is 1. The molecule has 0 aliphatic carbocycles. The number of fused-ring (bicyclic) bond motifs is 1. The van der Waals surface area contributed by atoms with E-state index in [-0.39, 0.29) is 5.91 Å². The van der Waals surface area contributed by atoms with Crippen molar-refractivity contribution < 1.29 is 4.79 Å². The topological polar surface area (TPSA) is 70.7 Å². The third-order valence-corrected chi connectivity index (χ3v) is 4.78. The molecule has 1 amide bonds. The lowest BCUT2D eigenvalue weighted by atomic mass is 10.1. The monoisotopic (exact) mass is 348 g/mol. The summed E-state index contributed by atoms with van der Waals surface area (Å²) < 4.78 is 0. The molecule has 0 aliphatic rings. The van der Waals surface area contributed by atoms with Crippen LogP contribution in [0.3, 0.4) is 0 Å². The molecule has 0 bridgehead atoms. The summed E-state index contributed by atoms with van der Waals surface area (Å²) in [5.41, 5.74) is 4.09. The lowest BCUT2D eigenvalue weighted by Crippen LogP contribution is -2.12. The van der Waals surface area contributed by atoms with E-state index in [0.717, 1.165) is 22.3 Å². The van der Waals surface area contributed by atoms with Gasteiger partial charge in [0.1, 0.15) is 0 Å². The van der Waals surface area contributed by atoms with Crippen LogP contribution in [0.25, 0.3) is 22.2 Å². The van der Waals surface area contributed by atoms with Crippen LogP contribution in [0, 0.1) is 0 Å². The second kappa shape index (κ2) is 6.86. The normalized spacial score (nSPS) is 10.9.